The third-order valence-corrected chi connectivity index (χ3v) is 7.94. The summed E-state index contributed by atoms with van der Waals surface area (Å²) in [6, 6.07) is 15.8. The molecule has 2 aliphatic rings. The Morgan fingerprint density at radius 3 is 2.59 bits per heavy atom. The number of halogens is 1. The van der Waals surface area contributed by atoms with Gasteiger partial charge in [0, 0.05) is 62.9 Å². The molecule has 2 saturated heterocycles. The normalized spacial score (nSPS) is 21.7. The van der Waals surface area contributed by atoms with Crippen LogP contribution in [0.2, 0.25) is 0 Å². The third kappa shape index (κ3) is 4.21. The van der Waals surface area contributed by atoms with E-state index in [1.807, 2.05) is 13.1 Å². The Morgan fingerprint density at radius 1 is 1.06 bits per heavy atom. The van der Waals surface area contributed by atoms with E-state index >= 15 is 0 Å². The number of benzene rings is 2. The lowest BCUT2D eigenvalue weighted by molar-refractivity contribution is 0.0485. The lowest BCUT2D eigenvalue weighted by Crippen LogP contribution is -2.44. The molecule has 0 saturated carbocycles. The second-order valence-electron chi connectivity index (χ2n) is 9.92. The summed E-state index contributed by atoms with van der Waals surface area (Å²) in [7, 11) is 2.03. The molecule has 32 heavy (non-hydrogen) atoms. The number of nitrogens with zero attached hydrogens (tertiary/aromatic N) is 3. The van der Waals surface area contributed by atoms with Gasteiger partial charge in [-0.3, -0.25) is 4.90 Å². The first-order valence-electron chi connectivity index (χ1n) is 11.9. The van der Waals surface area contributed by atoms with E-state index in [1.165, 1.54) is 17.2 Å². The summed E-state index contributed by atoms with van der Waals surface area (Å²) in [5.74, 6) is 0.196. The molecule has 2 fully saturated rings. The van der Waals surface area contributed by atoms with Crippen LogP contribution in [-0.2, 0) is 20.0 Å². The zero-order chi connectivity index (χ0) is 22.1. The van der Waals surface area contributed by atoms with Crippen LogP contribution in [0.15, 0.2) is 54.7 Å². The molecule has 0 amide bonds. The molecule has 3 heterocycles. The average Bonchev–Trinajstić information content (AvgIpc) is 3.31. The fourth-order valence-electron chi connectivity index (χ4n) is 6.03. The highest BCUT2D eigenvalue weighted by molar-refractivity contribution is 5.84. The van der Waals surface area contributed by atoms with Crippen molar-refractivity contribution in [1.29, 1.82) is 0 Å². The van der Waals surface area contributed by atoms with Gasteiger partial charge in [0.05, 0.1) is 0 Å². The van der Waals surface area contributed by atoms with Gasteiger partial charge < -0.3 is 14.6 Å². The van der Waals surface area contributed by atoms with Gasteiger partial charge in [0.1, 0.15) is 5.82 Å². The summed E-state index contributed by atoms with van der Waals surface area (Å²) in [4.78, 5) is 5.07. The Kier molecular flexibility index (Phi) is 6.06. The predicted octanol–water partition coefficient (Wildman–Crippen LogP) is 4.07. The quantitative estimate of drug-likeness (QED) is 0.634. The number of aliphatic hydroxyl groups excluding tert-OH is 1. The van der Waals surface area contributed by atoms with Crippen molar-refractivity contribution in [2.75, 3.05) is 39.3 Å². The third-order valence-electron chi connectivity index (χ3n) is 7.94. The SMILES string of the molecule is Cn1cc(CN2CCC3(CC2)CN(CCc2ccccc2)CC3CO)c2cc(F)ccc21. The van der Waals surface area contributed by atoms with E-state index < -0.39 is 0 Å². The summed E-state index contributed by atoms with van der Waals surface area (Å²) in [5.41, 5.74) is 3.90. The van der Waals surface area contributed by atoms with Crippen molar-refractivity contribution >= 4 is 10.9 Å². The van der Waals surface area contributed by atoms with Crippen LogP contribution < -0.4 is 0 Å². The molecule has 0 aliphatic carbocycles. The highest BCUT2D eigenvalue weighted by Crippen LogP contribution is 2.44. The molecule has 1 aromatic heterocycles. The number of aryl methyl sites for hydroxylation is 1. The topological polar surface area (TPSA) is 31.6 Å². The number of aromatic nitrogens is 1. The minimum absolute atomic E-state index is 0.171. The molecule has 0 radical (unpaired) electrons. The Labute approximate surface area is 190 Å². The summed E-state index contributed by atoms with van der Waals surface area (Å²) in [6.07, 6.45) is 5.46. The van der Waals surface area contributed by atoms with Gasteiger partial charge in [0.2, 0.25) is 0 Å². The summed E-state index contributed by atoms with van der Waals surface area (Å²) in [5, 5.41) is 11.2. The molecular formula is C27H34FN3O. The largest absolute Gasteiger partial charge is 0.396 e. The highest BCUT2D eigenvalue weighted by Gasteiger charge is 2.47. The van der Waals surface area contributed by atoms with Gasteiger partial charge in [0.15, 0.2) is 0 Å². The Balaban J connectivity index is 1.22. The van der Waals surface area contributed by atoms with Crippen molar-refractivity contribution in [1.82, 2.24) is 14.4 Å². The minimum atomic E-state index is -0.171. The maximum atomic E-state index is 13.8. The van der Waals surface area contributed by atoms with Crippen molar-refractivity contribution in [3.63, 3.8) is 0 Å². The smallest absolute Gasteiger partial charge is 0.123 e. The lowest BCUT2D eigenvalue weighted by atomic mass is 9.71. The number of rotatable bonds is 6. The second-order valence-corrected chi connectivity index (χ2v) is 9.92. The first-order chi connectivity index (χ1) is 15.6. The maximum Gasteiger partial charge on any atom is 0.123 e. The maximum absolute atomic E-state index is 13.8. The van der Waals surface area contributed by atoms with Crippen LogP contribution >= 0.6 is 0 Å². The Morgan fingerprint density at radius 2 is 1.84 bits per heavy atom. The molecule has 1 N–H and O–H groups in total. The predicted molar refractivity (Wildman–Crippen MR) is 127 cm³/mol. The van der Waals surface area contributed by atoms with Gasteiger partial charge in [-0.2, -0.15) is 0 Å². The molecule has 1 spiro atoms. The standard InChI is InChI=1S/C27H34FN3O/c1-29-16-22(25-15-24(28)7-8-26(25)29)17-30-13-10-27(11-14-30)20-31(18-23(27)19-32)12-9-21-5-3-2-4-6-21/h2-8,15-16,23,32H,9-14,17-20H2,1H3. The molecule has 0 bridgehead atoms. The molecule has 5 rings (SSSR count). The minimum Gasteiger partial charge on any atom is -0.396 e. The van der Waals surface area contributed by atoms with Crippen LogP contribution in [-0.4, -0.2) is 58.8 Å². The van der Waals surface area contributed by atoms with Gasteiger partial charge in [-0.05, 0) is 67.1 Å². The van der Waals surface area contributed by atoms with Gasteiger partial charge in [-0.25, -0.2) is 4.39 Å². The van der Waals surface area contributed by atoms with E-state index in [-0.39, 0.29) is 17.8 Å². The molecule has 3 aromatic rings. The number of likely N-dealkylation sites (tertiary alicyclic amines) is 2. The highest BCUT2D eigenvalue weighted by atomic mass is 19.1. The van der Waals surface area contributed by atoms with Crippen LogP contribution in [0.25, 0.3) is 10.9 Å². The monoisotopic (exact) mass is 435 g/mol. The number of hydrogen-bond donors (Lipinski definition) is 1. The van der Waals surface area contributed by atoms with E-state index in [1.54, 1.807) is 6.07 Å². The van der Waals surface area contributed by atoms with E-state index in [0.29, 0.717) is 5.92 Å². The Hall–Kier alpha value is -2.21. The van der Waals surface area contributed by atoms with Crippen LogP contribution in [0.1, 0.15) is 24.0 Å². The van der Waals surface area contributed by atoms with Crippen LogP contribution in [0.5, 0.6) is 0 Å². The van der Waals surface area contributed by atoms with Crippen molar-refractivity contribution in [3.05, 3.63) is 71.7 Å². The number of fused-ring (bicyclic) bond motifs is 1. The Bertz CT molecular complexity index is 1060. The zero-order valence-electron chi connectivity index (χ0n) is 19.0. The first kappa shape index (κ1) is 21.6. The van der Waals surface area contributed by atoms with Gasteiger partial charge in [0.25, 0.3) is 0 Å². The molecule has 4 nitrogen and oxygen atoms in total. The second kappa shape index (κ2) is 8.97. The molecular weight excluding hydrogens is 401 g/mol. The molecule has 2 aliphatic heterocycles. The van der Waals surface area contributed by atoms with E-state index in [4.69, 9.17) is 0 Å². The molecule has 170 valence electrons. The molecule has 5 heteroatoms. The van der Waals surface area contributed by atoms with Crippen molar-refractivity contribution < 1.29 is 9.50 Å². The van der Waals surface area contributed by atoms with Crippen molar-refractivity contribution in [2.45, 2.75) is 25.8 Å². The van der Waals surface area contributed by atoms with Crippen molar-refractivity contribution in [3.8, 4) is 0 Å². The van der Waals surface area contributed by atoms with Crippen LogP contribution in [0, 0.1) is 17.2 Å². The fourth-order valence-corrected chi connectivity index (χ4v) is 6.03. The van der Waals surface area contributed by atoms with Gasteiger partial charge in [-0.1, -0.05) is 30.3 Å². The zero-order valence-corrected chi connectivity index (χ0v) is 19.0. The fraction of sp³-hybridized carbons (Fsp3) is 0.481. The summed E-state index contributed by atoms with van der Waals surface area (Å²) in [6.45, 7) is 6.38. The van der Waals surface area contributed by atoms with E-state index in [0.717, 1.165) is 69.4 Å². The van der Waals surface area contributed by atoms with Gasteiger partial charge in [-0.15, -0.1) is 0 Å². The van der Waals surface area contributed by atoms with Gasteiger partial charge >= 0.3 is 0 Å². The number of aliphatic hydroxyl groups is 1. The molecule has 1 atom stereocenters. The van der Waals surface area contributed by atoms with E-state index in [9.17, 15) is 9.50 Å². The summed E-state index contributed by atoms with van der Waals surface area (Å²) < 4.78 is 15.9. The van der Waals surface area contributed by atoms with E-state index in [2.05, 4.69) is 50.9 Å². The van der Waals surface area contributed by atoms with Crippen molar-refractivity contribution in [2.24, 2.45) is 18.4 Å². The first-order valence-corrected chi connectivity index (χ1v) is 11.9. The van der Waals surface area contributed by atoms with Crippen LogP contribution in [0.3, 0.4) is 0 Å². The number of hydrogen-bond acceptors (Lipinski definition) is 3. The lowest BCUT2D eigenvalue weighted by Gasteiger charge is -2.42. The molecule has 1 unspecified atom stereocenters. The average molecular weight is 436 g/mol. The molecule has 2 aromatic carbocycles. The summed E-state index contributed by atoms with van der Waals surface area (Å²) >= 11 is 0. The number of piperidine rings is 1. The van der Waals surface area contributed by atoms with Crippen LogP contribution in [0.4, 0.5) is 4.39 Å².